The summed E-state index contributed by atoms with van der Waals surface area (Å²) in [6.07, 6.45) is -0.331. The number of carbonyl (C=O) groups is 2. The Hall–Kier alpha value is -2.77. The molecule has 1 aliphatic heterocycles. The molecule has 5 nitrogen and oxygen atoms in total. The Kier molecular flexibility index (Phi) is 5.53. The van der Waals surface area contributed by atoms with Crippen molar-refractivity contribution in [3.05, 3.63) is 59.5 Å². The van der Waals surface area contributed by atoms with Crippen molar-refractivity contribution in [3.8, 4) is 0 Å². The molecule has 1 fully saturated rings. The van der Waals surface area contributed by atoms with E-state index in [4.69, 9.17) is 4.42 Å². The number of nitrogens with one attached hydrogen (secondary N) is 1. The molecule has 144 valence electrons. The Morgan fingerprint density at radius 2 is 2.07 bits per heavy atom. The number of amides is 2. The molecule has 2 aromatic rings. The van der Waals surface area contributed by atoms with E-state index in [1.165, 1.54) is 24.7 Å². The summed E-state index contributed by atoms with van der Waals surface area (Å²) in [5, 5.41) is 2.68. The summed E-state index contributed by atoms with van der Waals surface area (Å²) in [6, 6.07) is 6.43. The molecule has 27 heavy (non-hydrogen) atoms. The largest absolute Gasteiger partial charge is 0.472 e. The molecule has 1 unspecified atom stereocenters. The number of hydrogen-bond acceptors (Lipinski definition) is 3. The van der Waals surface area contributed by atoms with Crippen LogP contribution in [0.5, 0.6) is 0 Å². The smallest absolute Gasteiger partial charge is 0.416 e. The van der Waals surface area contributed by atoms with E-state index in [1.54, 1.807) is 11.0 Å². The number of nitrogens with zero attached hydrogens (tertiary/aromatic N) is 1. The van der Waals surface area contributed by atoms with E-state index in [9.17, 15) is 22.8 Å². The van der Waals surface area contributed by atoms with E-state index in [1.807, 2.05) is 0 Å². The first-order valence-electron chi connectivity index (χ1n) is 8.60. The van der Waals surface area contributed by atoms with Crippen LogP contribution < -0.4 is 5.32 Å². The fourth-order valence-corrected chi connectivity index (χ4v) is 3.14. The summed E-state index contributed by atoms with van der Waals surface area (Å²) in [5.74, 6) is -0.850. The van der Waals surface area contributed by atoms with E-state index in [-0.39, 0.29) is 30.8 Å². The second-order valence-electron chi connectivity index (χ2n) is 6.52. The third kappa shape index (κ3) is 4.69. The summed E-state index contributed by atoms with van der Waals surface area (Å²) in [7, 11) is 0. The SMILES string of the molecule is O=C(NCc1cccc(C(F)(F)F)c1)C1CCCN(C(=O)c2ccoc2)C1. The highest BCUT2D eigenvalue weighted by Gasteiger charge is 2.31. The monoisotopic (exact) mass is 380 g/mol. The second-order valence-corrected chi connectivity index (χ2v) is 6.52. The number of carbonyl (C=O) groups excluding carboxylic acids is 2. The van der Waals surface area contributed by atoms with Crippen LogP contribution in [0.15, 0.2) is 47.3 Å². The number of rotatable bonds is 4. The van der Waals surface area contributed by atoms with Gasteiger partial charge in [0.2, 0.25) is 5.91 Å². The van der Waals surface area contributed by atoms with Crippen molar-refractivity contribution in [2.24, 2.45) is 5.92 Å². The van der Waals surface area contributed by atoms with E-state index >= 15 is 0 Å². The first-order valence-corrected chi connectivity index (χ1v) is 8.60. The van der Waals surface area contributed by atoms with Gasteiger partial charge in [-0.05, 0) is 36.6 Å². The first-order chi connectivity index (χ1) is 12.8. The van der Waals surface area contributed by atoms with Gasteiger partial charge in [-0.3, -0.25) is 9.59 Å². The predicted molar refractivity (Wildman–Crippen MR) is 90.6 cm³/mol. The summed E-state index contributed by atoms with van der Waals surface area (Å²) in [4.78, 5) is 26.4. The molecule has 3 rings (SSSR count). The van der Waals surface area contributed by atoms with Crippen LogP contribution in [0.4, 0.5) is 13.2 Å². The quantitative estimate of drug-likeness (QED) is 0.884. The average Bonchev–Trinajstić information content (AvgIpc) is 3.20. The van der Waals surface area contributed by atoms with Gasteiger partial charge in [0.15, 0.2) is 0 Å². The molecule has 2 heterocycles. The molecule has 1 atom stereocenters. The van der Waals surface area contributed by atoms with Crippen LogP contribution in [0, 0.1) is 5.92 Å². The summed E-state index contributed by atoms with van der Waals surface area (Å²) >= 11 is 0. The number of hydrogen-bond donors (Lipinski definition) is 1. The van der Waals surface area contributed by atoms with Crippen molar-refractivity contribution in [2.75, 3.05) is 13.1 Å². The minimum atomic E-state index is -4.42. The molecule has 1 aromatic carbocycles. The van der Waals surface area contributed by atoms with Gasteiger partial charge >= 0.3 is 6.18 Å². The van der Waals surface area contributed by atoms with Gasteiger partial charge in [-0.15, -0.1) is 0 Å². The van der Waals surface area contributed by atoms with Crippen molar-refractivity contribution in [3.63, 3.8) is 0 Å². The topological polar surface area (TPSA) is 62.6 Å². The molecule has 1 aromatic heterocycles. The number of alkyl halides is 3. The fraction of sp³-hybridized carbons (Fsp3) is 0.368. The molecule has 0 spiro atoms. The van der Waals surface area contributed by atoms with Crippen LogP contribution in [0.1, 0.15) is 34.3 Å². The number of benzene rings is 1. The number of piperidine rings is 1. The van der Waals surface area contributed by atoms with Gasteiger partial charge in [-0.2, -0.15) is 13.2 Å². The first kappa shape index (κ1) is 19.0. The van der Waals surface area contributed by atoms with Crippen LogP contribution in [0.2, 0.25) is 0 Å². The van der Waals surface area contributed by atoms with Gasteiger partial charge in [0.05, 0.1) is 23.3 Å². The Bertz CT molecular complexity index is 803. The fourth-order valence-electron chi connectivity index (χ4n) is 3.14. The Balaban J connectivity index is 1.57. The molecule has 0 bridgehead atoms. The van der Waals surface area contributed by atoms with Crippen LogP contribution in [-0.2, 0) is 17.5 Å². The lowest BCUT2D eigenvalue weighted by atomic mass is 9.96. The third-order valence-corrected chi connectivity index (χ3v) is 4.57. The van der Waals surface area contributed by atoms with Crippen LogP contribution in [-0.4, -0.2) is 29.8 Å². The van der Waals surface area contributed by atoms with Crippen LogP contribution >= 0.6 is 0 Å². The van der Waals surface area contributed by atoms with Gasteiger partial charge in [0.1, 0.15) is 6.26 Å². The minimum Gasteiger partial charge on any atom is -0.472 e. The minimum absolute atomic E-state index is 0.00886. The van der Waals surface area contributed by atoms with E-state index < -0.39 is 11.7 Å². The molecule has 1 saturated heterocycles. The van der Waals surface area contributed by atoms with Crippen molar-refractivity contribution < 1.29 is 27.2 Å². The van der Waals surface area contributed by atoms with E-state index in [0.29, 0.717) is 30.5 Å². The maximum absolute atomic E-state index is 12.8. The highest BCUT2D eigenvalue weighted by molar-refractivity contribution is 5.94. The highest BCUT2D eigenvalue weighted by atomic mass is 19.4. The van der Waals surface area contributed by atoms with E-state index in [0.717, 1.165) is 12.1 Å². The predicted octanol–water partition coefficient (Wildman–Crippen LogP) is 3.47. The average molecular weight is 380 g/mol. The Morgan fingerprint density at radius 3 is 2.78 bits per heavy atom. The third-order valence-electron chi connectivity index (χ3n) is 4.57. The number of halogens is 3. The zero-order chi connectivity index (χ0) is 19.4. The zero-order valence-electron chi connectivity index (χ0n) is 14.5. The van der Waals surface area contributed by atoms with E-state index in [2.05, 4.69) is 5.32 Å². The normalized spacial score (nSPS) is 17.6. The molecular weight excluding hydrogens is 361 g/mol. The van der Waals surface area contributed by atoms with Gasteiger partial charge < -0.3 is 14.6 Å². The molecule has 2 amide bonds. The second kappa shape index (κ2) is 7.85. The number of likely N-dealkylation sites (tertiary alicyclic amines) is 1. The molecular formula is C19H19F3N2O3. The van der Waals surface area contributed by atoms with Gasteiger partial charge in [0.25, 0.3) is 5.91 Å². The number of furan rings is 1. The van der Waals surface area contributed by atoms with Crippen molar-refractivity contribution in [1.29, 1.82) is 0 Å². The maximum Gasteiger partial charge on any atom is 0.416 e. The highest BCUT2D eigenvalue weighted by Crippen LogP contribution is 2.29. The molecule has 1 N–H and O–H groups in total. The lowest BCUT2D eigenvalue weighted by Crippen LogP contribution is -2.45. The van der Waals surface area contributed by atoms with Gasteiger partial charge in [0, 0.05) is 19.6 Å². The molecule has 0 aliphatic carbocycles. The summed E-state index contributed by atoms with van der Waals surface area (Å²) < 4.78 is 43.2. The lowest BCUT2D eigenvalue weighted by Gasteiger charge is -2.31. The van der Waals surface area contributed by atoms with Crippen molar-refractivity contribution >= 4 is 11.8 Å². The molecule has 1 aliphatic rings. The van der Waals surface area contributed by atoms with Crippen molar-refractivity contribution in [1.82, 2.24) is 10.2 Å². The molecule has 0 saturated carbocycles. The maximum atomic E-state index is 12.8. The standard InChI is InChI=1S/C19H19F3N2O3/c20-19(21,22)16-5-1-3-13(9-16)10-23-17(25)14-4-2-7-24(11-14)18(26)15-6-8-27-12-15/h1,3,5-6,8-9,12,14H,2,4,7,10-11H2,(H,23,25). The van der Waals surface area contributed by atoms with Gasteiger partial charge in [-0.1, -0.05) is 12.1 Å². The summed E-state index contributed by atoms with van der Waals surface area (Å²) in [6.45, 7) is 0.842. The molecule has 8 heteroatoms. The Labute approximate surface area is 154 Å². The van der Waals surface area contributed by atoms with Crippen LogP contribution in [0.25, 0.3) is 0 Å². The van der Waals surface area contributed by atoms with Crippen molar-refractivity contribution in [2.45, 2.75) is 25.6 Å². The van der Waals surface area contributed by atoms with Crippen LogP contribution in [0.3, 0.4) is 0 Å². The van der Waals surface area contributed by atoms with Gasteiger partial charge in [-0.25, -0.2) is 0 Å². The Morgan fingerprint density at radius 1 is 1.26 bits per heavy atom. The summed E-state index contributed by atoms with van der Waals surface area (Å²) in [5.41, 5.74) is 0.0594. The lowest BCUT2D eigenvalue weighted by molar-refractivity contribution is -0.137. The zero-order valence-corrected chi connectivity index (χ0v) is 14.5. The molecule has 0 radical (unpaired) electrons.